The molecule has 0 amide bonds. The number of fused-ring (bicyclic) bond motifs is 1. The highest BCUT2D eigenvalue weighted by atomic mass is 16.3. The molecule has 3 unspecified atom stereocenters. The van der Waals surface area contributed by atoms with E-state index >= 15 is 0 Å². The first kappa shape index (κ1) is 22.6. The van der Waals surface area contributed by atoms with Gasteiger partial charge in [-0.2, -0.15) is 5.26 Å². The van der Waals surface area contributed by atoms with Crippen LogP contribution in [0.2, 0.25) is 0 Å². The number of benzene rings is 2. The fourth-order valence-electron chi connectivity index (χ4n) is 6.43. The summed E-state index contributed by atoms with van der Waals surface area (Å²) in [5.74, 6) is 1.43. The molecule has 3 aliphatic rings. The van der Waals surface area contributed by atoms with Crippen molar-refractivity contribution in [2.75, 3.05) is 26.2 Å². The molecule has 2 heterocycles. The second kappa shape index (κ2) is 9.97. The highest BCUT2D eigenvalue weighted by Gasteiger charge is 2.30. The van der Waals surface area contributed by atoms with Crippen LogP contribution in [0.5, 0.6) is 0 Å². The maximum atomic E-state index is 10.8. The molecule has 5 rings (SSSR count). The quantitative estimate of drug-likeness (QED) is 0.721. The number of nitrogens with zero attached hydrogens (tertiary/aromatic N) is 3. The summed E-state index contributed by atoms with van der Waals surface area (Å²) in [6.07, 6.45) is 8.13. The molecule has 2 aliphatic heterocycles. The number of aliphatic hydroxyl groups is 1. The predicted molar refractivity (Wildman–Crippen MR) is 132 cm³/mol. The van der Waals surface area contributed by atoms with E-state index in [4.69, 9.17) is 5.26 Å². The van der Waals surface area contributed by atoms with Crippen LogP contribution in [0.15, 0.2) is 42.5 Å². The molecule has 1 saturated heterocycles. The van der Waals surface area contributed by atoms with E-state index in [0.29, 0.717) is 11.5 Å². The van der Waals surface area contributed by atoms with Crippen molar-refractivity contribution < 1.29 is 5.11 Å². The summed E-state index contributed by atoms with van der Waals surface area (Å²) in [5.41, 5.74) is 6.12. The Morgan fingerprint density at radius 3 is 2.30 bits per heavy atom. The third-order valence-corrected chi connectivity index (χ3v) is 8.54. The molecule has 2 aromatic rings. The maximum absolute atomic E-state index is 10.8. The average Bonchev–Trinajstić information content (AvgIpc) is 3.18. The standard InChI is InChI=1S/C29H37N3O/c1-21-3-2-4-28(21)31-15-11-23-9-10-26(19-27(23)14-16-31)24-12-17-32(18-13-24)29(33)25-7-5-22(20-30)6-8-25/h5-10,19,21,24,28-29,33H,2-4,11-18H2,1H3. The molecule has 33 heavy (non-hydrogen) atoms. The summed E-state index contributed by atoms with van der Waals surface area (Å²) in [6, 6.07) is 17.6. The van der Waals surface area contributed by atoms with Crippen molar-refractivity contribution >= 4 is 0 Å². The first-order valence-electron chi connectivity index (χ1n) is 12.9. The van der Waals surface area contributed by atoms with Gasteiger partial charge in [0, 0.05) is 32.2 Å². The summed E-state index contributed by atoms with van der Waals surface area (Å²) >= 11 is 0. The normalized spacial score (nSPS) is 25.8. The van der Waals surface area contributed by atoms with E-state index in [1.807, 2.05) is 12.1 Å². The van der Waals surface area contributed by atoms with E-state index in [2.05, 4.69) is 41.0 Å². The second-order valence-corrected chi connectivity index (χ2v) is 10.5. The van der Waals surface area contributed by atoms with Gasteiger partial charge >= 0.3 is 0 Å². The van der Waals surface area contributed by atoms with Gasteiger partial charge in [-0.3, -0.25) is 9.80 Å². The van der Waals surface area contributed by atoms with Crippen LogP contribution in [-0.4, -0.2) is 47.1 Å². The first-order chi connectivity index (χ1) is 16.1. The Hall–Kier alpha value is -2.19. The van der Waals surface area contributed by atoms with Crippen molar-refractivity contribution in [2.24, 2.45) is 5.92 Å². The highest BCUT2D eigenvalue weighted by molar-refractivity contribution is 5.36. The molecule has 174 valence electrons. The van der Waals surface area contributed by atoms with Gasteiger partial charge in [-0.25, -0.2) is 0 Å². The van der Waals surface area contributed by atoms with Crippen molar-refractivity contribution in [3.8, 4) is 6.07 Å². The van der Waals surface area contributed by atoms with Gasteiger partial charge in [0.1, 0.15) is 6.23 Å². The molecular formula is C29H37N3O. The van der Waals surface area contributed by atoms with Gasteiger partial charge in [0.15, 0.2) is 0 Å². The lowest BCUT2D eigenvalue weighted by Gasteiger charge is -2.35. The van der Waals surface area contributed by atoms with Crippen LogP contribution < -0.4 is 0 Å². The summed E-state index contributed by atoms with van der Waals surface area (Å²) in [4.78, 5) is 4.95. The minimum Gasteiger partial charge on any atom is -0.374 e. The van der Waals surface area contributed by atoms with E-state index in [1.54, 1.807) is 23.3 Å². The number of aliphatic hydroxyl groups excluding tert-OH is 1. The van der Waals surface area contributed by atoms with Crippen LogP contribution in [0.25, 0.3) is 0 Å². The SMILES string of the molecule is CC1CCCC1N1CCc2ccc(C3CCN(C(O)c4ccc(C#N)cc4)CC3)cc2CC1. The number of hydrogen-bond acceptors (Lipinski definition) is 4. The van der Waals surface area contributed by atoms with Crippen molar-refractivity contribution in [3.05, 3.63) is 70.3 Å². The Labute approximate surface area is 198 Å². The molecule has 0 bridgehead atoms. The molecule has 2 fully saturated rings. The predicted octanol–water partition coefficient (Wildman–Crippen LogP) is 5.02. The molecule has 0 aromatic heterocycles. The van der Waals surface area contributed by atoms with Crippen LogP contribution in [0, 0.1) is 17.2 Å². The zero-order valence-electron chi connectivity index (χ0n) is 19.9. The van der Waals surface area contributed by atoms with E-state index in [1.165, 1.54) is 50.8 Å². The molecule has 3 atom stereocenters. The summed E-state index contributed by atoms with van der Waals surface area (Å²) in [7, 11) is 0. The molecule has 2 aromatic carbocycles. The van der Waals surface area contributed by atoms with E-state index < -0.39 is 6.23 Å². The zero-order valence-corrected chi connectivity index (χ0v) is 19.9. The lowest BCUT2D eigenvalue weighted by molar-refractivity contribution is -0.0132. The van der Waals surface area contributed by atoms with Crippen molar-refractivity contribution in [1.82, 2.24) is 9.80 Å². The van der Waals surface area contributed by atoms with Crippen molar-refractivity contribution in [1.29, 1.82) is 5.26 Å². The molecule has 0 spiro atoms. The third kappa shape index (κ3) is 4.87. The zero-order chi connectivity index (χ0) is 22.8. The summed E-state index contributed by atoms with van der Waals surface area (Å²) in [6.45, 7) is 6.67. The number of nitriles is 1. The average molecular weight is 444 g/mol. The van der Waals surface area contributed by atoms with Crippen LogP contribution in [-0.2, 0) is 12.8 Å². The van der Waals surface area contributed by atoms with Crippen molar-refractivity contribution in [3.63, 3.8) is 0 Å². The third-order valence-electron chi connectivity index (χ3n) is 8.54. The maximum Gasteiger partial charge on any atom is 0.133 e. The topological polar surface area (TPSA) is 50.5 Å². The molecule has 4 heteroatoms. The molecular weight excluding hydrogens is 406 g/mol. The van der Waals surface area contributed by atoms with Gasteiger partial charge in [0.05, 0.1) is 11.6 Å². The van der Waals surface area contributed by atoms with E-state index in [9.17, 15) is 5.11 Å². The summed E-state index contributed by atoms with van der Waals surface area (Å²) < 4.78 is 0. The van der Waals surface area contributed by atoms with Gasteiger partial charge in [-0.15, -0.1) is 0 Å². The molecule has 0 radical (unpaired) electrons. The monoisotopic (exact) mass is 443 g/mol. The van der Waals surface area contributed by atoms with Gasteiger partial charge < -0.3 is 5.11 Å². The van der Waals surface area contributed by atoms with Gasteiger partial charge in [-0.1, -0.05) is 43.7 Å². The summed E-state index contributed by atoms with van der Waals surface area (Å²) in [5, 5.41) is 19.8. The molecule has 1 N–H and O–H groups in total. The molecule has 1 saturated carbocycles. The van der Waals surface area contributed by atoms with Gasteiger partial charge in [-0.05, 0) is 84.7 Å². The Kier molecular flexibility index (Phi) is 6.83. The number of rotatable bonds is 4. The number of piperidine rings is 1. The molecule has 4 nitrogen and oxygen atoms in total. The van der Waals surface area contributed by atoms with Crippen LogP contribution in [0.1, 0.15) is 79.0 Å². The van der Waals surface area contributed by atoms with Crippen LogP contribution >= 0.6 is 0 Å². The van der Waals surface area contributed by atoms with E-state index in [0.717, 1.165) is 43.5 Å². The Morgan fingerprint density at radius 1 is 0.909 bits per heavy atom. The second-order valence-electron chi connectivity index (χ2n) is 10.5. The van der Waals surface area contributed by atoms with Crippen molar-refractivity contribution in [2.45, 2.75) is 70.1 Å². The van der Waals surface area contributed by atoms with Gasteiger partial charge in [0.2, 0.25) is 0 Å². The van der Waals surface area contributed by atoms with Gasteiger partial charge in [0.25, 0.3) is 0 Å². The largest absolute Gasteiger partial charge is 0.374 e. The Balaban J connectivity index is 1.20. The Bertz CT molecular complexity index is 987. The lowest BCUT2D eigenvalue weighted by Crippen LogP contribution is -2.38. The van der Waals surface area contributed by atoms with Crippen LogP contribution in [0.4, 0.5) is 0 Å². The minimum atomic E-state index is -0.588. The molecule has 1 aliphatic carbocycles. The minimum absolute atomic E-state index is 0.578. The van der Waals surface area contributed by atoms with E-state index in [-0.39, 0.29) is 0 Å². The number of hydrogen-bond donors (Lipinski definition) is 1. The van der Waals surface area contributed by atoms with Crippen LogP contribution in [0.3, 0.4) is 0 Å². The smallest absolute Gasteiger partial charge is 0.133 e. The lowest BCUT2D eigenvalue weighted by atomic mass is 9.86. The fraction of sp³-hybridized carbons (Fsp3) is 0.552. The number of likely N-dealkylation sites (tertiary alicyclic amines) is 1. The first-order valence-corrected chi connectivity index (χ1v) is 12.9. The Morgan fingerprint density at radius 2 is 1.64 bits per heavy atom. The fourth-order valence-corrected chi connectivity index (χ4v) is 6.43. The highest BCUT2D eigenvalue weighted by Crippen LogP contribution is 2.34.